The zero-order chi connectivity index (χ0) is 11.1. The number of rotatable bonds is 3. The number of hydrogen-bond donors (Lipinski definition) is 2. The van der Waals surface area contributed by atoms with Gasteiger partial charge in [-0.2, -0.15) is 0 Å². The standard InChI is InChI=1S/C12H20N2O2/c13-14-11(15)6-16-12-9-2-7-1-8(4-9)5-10(12)3-7/h7-10,12H,1-6,13H2,(H,14,15). The normalized spacial score (nSPS) is 44.7. The van der Waals surface area contributed by atoms with Crippen molar-refractivity contribution in [1.29, 1.82) is 0 Å². The first-order valence-corrected chi connectivity index (χ1v) is 6.37. The summed E-state index contributed by atoms with van der Waals surface area (Å²) in [5, 5.41) is 0. The summed E-state index contributed by atoms with van der Waals surface area (Å²) >= 11 is 0. The Balaban J connectivity index is 1.61. The molecule has 0 unspecified atom stereocenters. The number of carbonyl (C=O) groups excluding carboxylic acids is 1. The Morgan fingerprint density at radius 1 is 1.12 bits per heavy atom. The predicted molar refractivity (Wildman–Crippen MR) is 59.1 cm³/mol. The van der Waals surface area contributed by atoms with E-state index >= 15 is 0 Å². The fourth-order valence-corrected chi connectivity index (χ4v) is 4.36. The molecule has 0 atom stereocenters. The summed E-state index contributed by atoms with van der Waals surface area (Å²) in [6.45, 7) is 0.128. The van der Waals surface area contributed by atoms with Crippen molar-refractivity contribution in [1.82, 2.24) is 5.43 Å². The van der Waals surface area contributed by atoms with Crippen LogP contribution in [0.4, 0.5) is 0 Å². The molecule has 16 heavy (non-hydrogen) atoms. The van der Waals surface area contributed by atoms with E-state index in [1.165, 1.54) is 32.1 Å². The molecule has 4 bridgehead atoms. The van der Waals surface area contributed by atoms with Crippen LogP contribution in [0.5, 0.6) is 0 Å². The Labute approximate surface area is 95.9 Å². The summed E-state index contributed by atoms with van der Waals surface area (Å²) in [7, 11) is 0. The smallest absolute Gasteiger partial charge is 0.259 e. The summed E-state index contributed by atoms with van der Waals surface area (Å²) in [4.78, 5) is 11.1. The van der Waals surface area contributed by atoms with E-state index in [-0.39, 0.29) is 12.5 Å². The molecule has 3 N–H and O–H groups in total. The largest absolute Gasteiger partial charge is 0.368 e. The highest BCUT2D eigenvalue weighted by Crippen LogP contribution is 2.54. The summed E-state index contributed by atoms with van der Waals surface area (Å²) in [5.74, 6) is 8.16. The monoisotopic (exact) mass is 224 g/mol. The van der Waals surface area contributed by atoms with Crippen molar-refractivity contribution in [2.75, 3.05) is 6.61 Å². The number of carbonyl (C=O) groups is 1. The van der Waals surface area contributed by atoms with Gasteiger partial charge in [0, 0.05) is 0 Å². The number of hydrazine groups is 1. The molecule has 0 aromatic rings. The van der Waals surface area contributed by atoms with Crippen molar-refractivity contribution in [2.24, 2.45) is 29.5 Å². The van der Waals surface area contributed by atoms with Crippen LogP contribution in [0.15, 0.2) is 0 Å². The van der Waals surface area contributed by atoms with Crippen molar-refractivity contribution in [3.05, 3.63) is 0 Å². The van der Waals surface area contributed by atoms with Crippen LogP contribution in [0.3, 0.4) is 0 Å². The zero-order valence-electron chi connectivity index (χ0n) is 9.52. The lowest BCUT2D eigenvalue weighted by Crippen LogP contribution is -2.50. The van der Waals surface area contributed by atoms with Crippen LogP contribution < -0.4 is 11.3 Å². The first-order chi connectivity index (χ1) is 7.76. The summed E-state index contributed by atoms with van der Waals surface area (Å²) < 4.78 is 5.78. The minimum atomic E-state index is -0.214. The van der Waals surface area contributed by atoms with Gasteiger partial charge in [-0.25, -0.2) is 5.84 Å². The molecule has 4 saturated carbocycles. The Morgan fingerprint density at radius 2 is 1.69 bits per heavy atom. The molecule has 4 aliphatic rings. The number of hydrogen-bond acceptors (Lipinski definition) is 3. The Morgan fingerprint density at radius 3 is 2.19 bits per heavy atom. The number of amides is 1. The van der Waals surface area contributed by atoms with Crippen LogP contribution in [-0.4, -0.2) is 18.6 Å². The molecule has 1 amide bonds. The molecule has 4 rings (SSSR count). The third-order valence-corrected chi connectivity index (χ3v) is 4.71. The number of nitrogens with two attached hydrogens (primary N) is 1. The van der Waals surface area contributed by atoms with Crippen LogP contribution in [0, 0.1) is 23.7 Å². The van der Waals surface area contributed by atoms with Crippen molar-refractivity contribution < 1.29 is 9.53 Å². The maximum absolute atomic E-state index is 11.1. The second kappa shape index (κ2) is 4.00. The Bertz CT molecular complexity index is 265. The fourth-order valence-electron chi connectivity index (χ4n) is 4.36. The van der Waals surface area contributed by atoms with Gasteiger partial charge in [-0.3, -0.25) is 10.2 Å². The van der Waals surface area contributed by atoms with Gasteiger partial charge in [0.25, 0.3) is 5.91 Å². The number of nitrogens with one attached hydrogen (secondary N) is 1. The fraction of sp³-hybridized carbons (Fsp3) is 0.917. The third kappa shape index (κ3) is 1.74. The second-order valence-corrected chi connectivity index (χ2v) is 5.77. The van der Waals surface area contributed by atoms with Crippen LogP contribution >= 0.6 is 0 Å². The van der Waals surface area contributed by atoms with Crippen molar-refractivity contribution in [3.63, 3.8) is 0 Å². The van der Waals surface area contributed by atoms with Gasteiger partial charge in [0.2, 0.25) is 0 Å². The topological polar surface area (TPSA) is 64.3 Å². The van der Waals surface area contributed by atoms with Crippen LogP contribution in [0.1, 0.15) is 32.1 Å². The average Bonchev–Trinajstić information content (AvgIpc) is 2.26. The van der Waals surface area contributed by atoms with Gasteiger partial charge in [-0.15, -0.1) is 0 Å². The van der Waals surface area contributed by atoms with E-state index in [1.54, 1.807) is 0 Å². The molecule has 0 spiro atoms. The Hall–Kier alpha value is -0.610. The maximum atomic E-state index is 11.1. The predicted octanol–water partition coefficient (Wildman–Crippen LogP) is 0.818. The van der Waals surface area contributed by atoms with E-state index in [0.717, 1.165) is 11.8 Å². The minimum Gasteiger partial charge on any atom is -0.368 e. The van der Waals surface area contributed by atoms with E-state index in [0.29, 0.717) is 17.9 Å². The summed E-state index contributed by atoms with van der Waals surface area (Å²) in [5.41, 5.74) is 2.12. The molecule has 0 saturated heterocycles. The first kappa shape index (κ1) is 10.5. The van der Waals surface area contributed by atoms with Crippen molar-refractivity contribution >= 4 is 5.91 Å². The van der Waals surface area contributed by atoms with E-state index in [1.807, 2.05) is 0 Å². The summed E-state index contributed by atoms with van der Waals surface area (Å²) in [6.07, 6.45) is 7.06. The molecule has 0 aromatic heterocycles. The van der Waals surface area contributed by atoms with Gasteiger partial charge in [0.1, 0.15) is 6.61 Å². The molecular weight excluding hydrogens is 204 g/mol. The Kier molecular flexibility index (Phi) is 2.64. The van der Waals surface area contributed by atoms with Gasteiger partial charge < -0.3 is 4.74 Å². The van der Waals surface area contributed by atoms with Crippen LogP contribution in [0.2, 0.25) is 0 Å². The van der Waals surface area contributed by atoms with Gasteiger partial charge in [0.05, 0.1) is 6.10 Å². The molecule has 0 aromatic carbocycles. The van der Waals surface area contributed by atoms with Crippen LogP contribution in [0.25, 0.3) is 0 Å². The zero-order valence-corrected chi connectivity index (χ0v) is 9.52. The molecular formula is C12H20N2O2. The highest BCUT2D eigenvalue weighted by atomic mass is 16.5. The van der Waals surface area contributed by atoms with Crippen molar-refractivity contribution in [3.8, 4) is 0 Å². The van der Waals surface area contributed by atoms with E-state index in [2.05, 4.69) is 5.43 Å². The SMILES string of the molecule is NNC(=O)COC1C2CC3CC(C2)CC1C3. The molecule has 4 nitrogen and oxygen atoms in total. The third-order valence-electron chi connectivity index (χ3n) is 4.71. The second-order valence-electron chi connectivity index (χ2n) is 5.77. The number of ether oxygens (including phenoxy) is 1. The first-order valence-electron chi connectivity index (χ1n) is 6.37. The van der Waals surface area contributed by atoms with Gasteiger partial charge in [0.15, 0.2) is 0 Å². The maximum Gasteiger partial charge on any atom is 0.259 e. The molecule has 0 radical (unpaired) electrons. The van der Waals surface area contributed by atoms with Crippen LogP contribution in [-0.2, 0) is 9.53 Å². The molecule has 4 heteroatoms. The molecule has 4 aliphatic carbocycles. The summed E-state index contributed by atoms with van der Waals surface area (Å²) in [6, 6.07) is 0. The van der Waals surface area contributed by atoms with E-state index in [9.17, 15) is 4.79 Å². The lowest BCUT2D eigenvalue weighted by atomic mass is 9.55. The molecule has 90 valence electrons. The van der Waals surface area contributed by atoms with Gasteiger partial charge >= 0.3 is 0 Å². The van der Waals surface area contributed by atoms with E-state index < -0.39 is 0 Å². The molecule has 0 aliphatic heterocycles. The average molecular weight is 224 g/mol. The minimum absolute atomic E-state index is 0.128. The highest BCUT2D eigenvalue weighted by Gasteiger charge is 2.48. The lowest BCUT2D eigenvalue weighted by molar-refractivity contribution is -0.146. The lowest BCUT2D eigenvalue weighted by Gasteiger charge is -2.53. The van der Waals surface area contributed by atoms with Gasteiger partial charge in [-0.05, 0) is 55.8 Å². The van der Waals surface area contributed by atoms with E-state index in [4.69, 9.17) is 10.6 Å². The van der Waals surface area contributed by atoms with Gasteiger partial charge in [-0.1, -0.05) is 0 Å². The molecule has 4 fully saturated rings. The van der Waals surface area contributed by atoms with Crippen molar-refractivity contribution in [2.45, 2.75) is 38.2 Å². The quantitative estimate of drug-likeness (QED) is 0.424. The highest BCUT2D eigenvalue weighted by molar-refractivity contribution is 5.76. The molecule has 0 heterocycles.